The van der Waals surface area contributed by atoms with E-state index in [4.69, 9.17) is 0 Å². The van der Waals surface area contributed by atoms with Crippen LogP contribution in [0, 0.1) is 17.8 Å². The van der Waals surface area contributed by atoms with Crippen molar-refractivity contribution in [2.45, 2.75) is 25.7 Å². The van der Waals surface area contributed by atoms with Gasteiger partial charge in [-0.1, -0.05) is 34.1 Å². The second-order valence-electron chi connectivity index (χ2n) is 6.34. The third-order valence-corrected chi connectivity index (χ3v) is 5.60. The molecule has 1 saturated carbocycles. The lowest BCUT2D eigenvalue weighted by Crippen LogP contribution is -2.30. The average Bonchev–Trinajstić information content (AvgIpc) is 3.24. The summed E-state index contributed by atoms with van der Waals surface area (Å²) < 4.78 is 1.02. The van der Waals surface area contributed by atoms with Gasteiger partial charge in [0.1, 0.15) is 0 Å². The highest BCUT2D eigenvalue weighted by Gasteiger charge is 2.46. The van der Waals surface area contributed by atoms with Gasteiger partial charge < -0.3 is 10.0 Å². The minimum Gasteiger partial charge on any atom is -0.481 e. The number of carboxylic acids is 1. The Morgan fingerprint density at radius 2 is 1.95 bits per heavy atom. The Morgan fingerprint density at radius 3 is 2.59 bits per heavy atom. The summed E-state index contributed by atoms with van der Waals surface area (Å²) in [5, 5.41) is 9.36. The van der Waals surface area contributed by atoms with E-state index in [0.29, 0.717) is 31.8 Å². The minimum atomic E-state index is -0.752. The van der Waals surface area contributed by atoms with E-state index >= 15 is 0 Å². The summed E-state index contributed by atoms with van der Waals surface area (Å²) in [5.74, 6) is -0.379. The van der Waals surface area contributed by atoms with E-state index in [9.17, 15) is 14.7 Å². The molecule has 3 rings (SSSR count). The third-order valence-electron chi connectivity index (χ3n) is 4.83. The lowest BCUT2D eigenvalue weighted by Gasteiger charge is -2.16. The normalized spacial score (nSPS) is 24.5. The molecule has 1 aliphatic carbocycles. The molecule has 1 aliphatic heterocycles. The summed E-state index contributed by atoms with van der Waals surface area (Å²) in [6.45, 7) is 1.00. The van der Waals surface area contributed by atoms with Crippen LogP contribution in [-0.2, 0) is 16.0 Å². The van der Waals surface area contributed by atoms with Crippen molar-refractivity contribution in [3.63, 3.8) is 0 Å². The van der Waals surface area contributed by atoms with Crippen LogP contribution in [0.25, 0.3) is 0 Å². The van der Waals surface area contributed by atoms with Gasteiger partial charge in [0, 0.05) is 24.0 Å². The maximum absolute atomic E-state index is 12.4. The van der Waals surface area contributed by atoms with Crippen molar-refractivity contribution in [2.75, 3.05) is 13.1 Å². The zero-order valence-corrected chi connectivity index (χ0v) is 14.0. The number of carboxylic acid groups (broad SMARTS) is 1. The molecule has 1 aromatic carbocycles. The number of likely N-dealkylation sites (tertiary alicyclic amines) is 1. The zero-order chi connectivity index (χ0) is 15.7. The van der Waals surface area contributed by atoms with Crippen molar-refractivity contribution in [1.82, 2.24) is 4.90 Å². The number of hydrogen-bond acceptors (Lipinski definition) is 2. The lowest BCUT2D eigenvalue weighted by atomic mass is 9.92. The van der Waals surface area contributed by atoms with Crippen LogP contribution in [0.1, 0.15) is 24.8 Å². The van der Waals surface area contributed by atoms with Gasteiger partial charge in [-0.2, -0.15) is 0 Å². The van der Waals surface area contributed by atoms with Crippen molar-refractivity contribution >= 4 is 27.8 Å². The lowest BCUT2D eigenvalue weighted by molar-refractivity contribution is -0.142. The Morgan fingerprint density at radius 1 is 1.23 bits per heavy atom. The highest BCUT2D eigenvalue weighted by Crippen LogP contribution is 2.44. The number of aliphatic carboxylic acids is 1. The van der Waals surface area contributed by atoms with Crippen LogP contribution in [-0.4, -0.2) is 35.0 Å². The van der Waals surface area contributed by atoms with E-state index in [1.165, 1.54) is 0 Å². The molecule has 22 heavy (non-hydrogen) atoms. The fraction of sp³-hybridized carbons (Fsp3) is 0.529. The van der Waals surface area contributed by atoms with E-state index in [-0.39, 0.29) is 17.7 Å². The molecule has 1 N–H and O–H groups in total. The van der Waals surface area contributed by atoms with Crippen LogP contribution in [0.2, 0.25) is 0 Å². The summed E-state index contributed by atoms with van der Waals surface area (Å²) in [4.78, 5) is 25.6. The highest BCUT2D eigenvalue weighted by molar-refractivity contribution is 9.10. The van der Waals surface area contributed by atoms with Gasteiger partial charge in [0.25, 0.3) is 0 Å². The number of nitrogens with zero attached hydrogens (tertiary/aromatic N) is 1. The molecule has 1 heterocycles. The van der Waals surface area contributed by atoms with Crippen LogP contribution in [0.3, 0.4) is 0 Å². The summed E-state index contributed by atoms with van der Waals surface area (Å²) in [6, 6.07) is 7.89. The van der Waals surface area contributed by atoms with Gasteiger partial charge in [-0.25, -0.2) is 0 Å². The molecule has 2 atom stereocenters. The number of carbonyl (C=O) groups is 2. The van der Waals surface area contributed by atoms with E-state index in [1.807, 2.05) is 24.3 Å². The fourth-order valence-corrected chi connectivity index (χ4v) is 3.88. The Balaban J connectivity index is 1.59. The van der Waals surface area contributed by atoms with Crippen LogP contribution in [0.4, 0.5) is 0 Å². The zero-order valence-electron chi connectivity index (χ0n) is 12.4. The monoisotopic (exact) mass is 365 g/mol. The predicted octanol–water partition coefficient (Wildman–Crippen LogP) is 2.95. The van der Waals surface area contributed by atoms with E-state index in [0.717, 1.165) is 22.9 Å². The van der Waals surface area contributed by atoms with Crippen LogP contribution in [0.5, 0.6) is 0 Å². The second-order valence-corrected chi connectivity index (χ2v) is 7.19. The smallest absolute Gasteiger partial charge is 0.308 e. The van der Waals surface area contributed by atoms with E-state index < -0.39 is 5.97 Å². The van der Waals surface area contributed by atoms with Gasteiger partial charge in [0.15, 0.2) is 0 Å². The fourth-order valence-electron chi connectivity index (χ4n) is 3.40. The molecule has 0 spiro atoms. The van der Waals surface area contributed by atoms with Gasteiger partial charge in [0.05, 0.1) is 5.92 Å². The molecule has 2 aliphatic rings. The molecule has 0 aromatic heterocycles. The molecule has 1 amide bonds. The Bertz CT molecular complexity index is 585. The maximum atomic E-state index is 12.4. The maximum Gasteiger partial charge on any atom is 0.308 e. The van der Waals surface area contributed by atoms with Gasteiger partial charge in [-0.05, 0) is 42.7 Å². The molecular weight excluding hydrogens is 346 g/mol. The molecule has 0 unspecified atom stereocenters. The van der Waals surface area contributed by atoms with E-state index in [1.54, 1.807) is 4.90 Å². The summed E-state index contributed by atoms with van der Waals surface area (Å²) in [6.07, 6.45) is 3.36. The van der Waals surface area contributed by atoms with Crippen LogP contribution in [0.15, 0.2) is 28.7 Å². The molecule has 1 aromatic rings. The quantitative estimate of drug-likeness (QED) is 0.872. The number of rotatable bonds is 5. The van der Waals surface area contributed by atoms with Crippen molar-refractivity contribution in [2.24, 2.45) is 17.8 Å². The number of amides is 1. The summed E-state index contributed by atoms with van der Waals surface area (Å²) in [7, 11) is 0. The molecule has 2 fully saturated rings. The largest absolute Gasteiger partial charge is 0.481 e. The SMILES string of the molecule is O=C(O)[C@H]1CN(C(=O)CCc2ccccc2Br)C[C@@H]1C1CC1. The Kier molecular flexibility index (Phi) is 4.52. The number of hydrogen-bond donors (Lipinski definition) is 1. The summed E-state index contributed by atoms with van der Waals surface area (Å²) in [5.41, 5.74) is 1.11. The third kappa shape index (κ3) is 3.35. The standard InChI is InChI=1S/C17H20BrNO3/c18-15-4-2-1-3-12(15)7-8-16(20)19-9-13(11-5-6-11)14(10-19)17(21)22/h1-4,11,13-14H,5-10H2,(H,21,22)/t13-,14+/m1/s1. The number of benzene rings is 1. The summed E-state index contributed by atoms with van der Waals surface area (Å²) >= 11 is 3.49. The van der Waals surface area contributed by atoms with E-state index in [2.05, 4.69) is 15.9 Å². The molecular formula is C17H20BrNO3. The van der Waals surface area contributed by atoms with Crippen LogP contribution < -0.4 is 0 Å². The van der Waals surface area contributed by atoms with Crippen molar-refractivity contribution in [3.8, 4) is 0 Å². The van der Waals surface area contributed by atoms with Gasteiger partial charge in [0.2, 0.25) is 5.91 Å². The molecule has 5 heteroatoms. The average molecular weight is 366 g/mol. The molecule has 0 bridgehead atoms. The van der Waals surface area contributed by atoms with Gasteiger partial charge >= 0.3 is 5.97 Å². The minimum absolute atomic E-state index is 0.0742. The molecule has 0 radical (unpaired) electrons. The number of halogens is 1. The topological polar surface area (TPSA) is 57.6 Å². The highest BCUT2D eigenvalue weighted by atomic mass is 79.9. The first-order valence-corrected chi connectivity index (χ1v) is 8.59. The second kappa shape index (κ2) is 6.41. The van der Waals surface area contributed by atoms with Crippen molar-refractivity contribution in [3.05, 3.63) is 34.3 Å². The first kappa shape index (κ1) is 15.5. The van der Waals surface area contributed by atoms with Crippen molar-refractivity contribution in [1.29, 1.82) is 0 Å². The van der Waals surface area contributed by atoms with Gasteiger partial charge in [-0.15, -0.1) is 0 Å². The Labute approximate surface area is 138 Å². The molecule has 4 nitrogen and oxygen atoms in total. The van der Waals surface area contributed by atoms with Crippen LogP contribution >= 0.6 is 15.9 Å². The van der Waals surface area contributed by atoms with Crippen molar-refractivity contribution < 1.29 is 14.7 Å². The Hall–Kier alpha value is -1.36. The molecule has 1 saturated heterocycles. The van der Waals surface area contributed by atoms with Gasteiger partial charge in [-0.3, -0.25) is 9.59 Å². The molecule has 118 valence electrons. The number of aryl methyl sites for hydroxylation is 1. The number of carbonyl (C=O) groups excluding carboxylic acids is 1. The predicted molar refractivity (Wildman–Crippen MR) is 86.4 cm³/mol. The first-order chi connectivity index (χ1) is 10.6. The first-order valence-electron chi connectivity index (χ1n) is 7.80.